The van der Waals surface area contributed by atoms with Gasteiger partial charge < -0.3 is 0 Å². The minimum atomic E-state index is -1.68. The van der Waals surface area contributed by atoms with Gasteiger partial charge in [0.2, 0.25) is 0 Å². The molecule has 1 aliphatic carbocycles. The van der Waals surface area contributed by atoms with Gasteiger partial charge in [-0.3, -0.25) is 10.1 Å². The Bertz CT molecular complexity index is 571. The second-order valence-electron chi connectivity index (χ2n) is 4.41. The molecule has 3 nitrogen and oxygen atoms in total. The summed E-state index contributed by atoms with van der Waals surface area (Å²) in [6.45, 7) is 2.11. The van der Waals surface area contributed by atoms with Crippen LogP contribution in [0.15, 0.2) is 47.4 Å². The smallest absolute Gasteiger partial charge is 0.262 e. The molecule has 1 aromatic carbocycles. The molecule has 20 heavy (non-hydrogen) atoms. The summed E-state index contributed by atoms with van der Waals surface area (Å²) in [6.07, 6.45) is 7.58. The van der Waals surface area contributed by atoms with E-state index >= 15 is 0 Å². The van der Waals surface area contributed by atoms with E-state index in [1.54, 1.807) is 30.3 Å². The van der Waals surface area contributed by atoms with E-state index in [1.165, 1.54) is 6.08 Å². The number of benzene rings is 1. The Labute approximate surface area is 127 Å². The van der Waals surface area contributed by atoms with Crippen LogP contribution in [0.25, 0.3) is 5.57 Å². The first-order valence-corrected chi connectivity index (χ1v) is 7.75. The van der Waals surface area contributed by atoms with Crippen LogP contribution in [-0.2, 0) is 0 Å². The van der Waals surface area contributed by atoms with Crippen molar-refractivity contribution in [3.05, 3.63) is 64.6 Å². The standard InChI is InChI=1S/C15H15ClNO2S/c1-2-11-20-14-9-4-3-7-12(14)13-8-5-6-10-15(13,16)17(18)19/h3-10H,2,11H2,1H3. The van der Waals surface area contributed by atoms with Gasteiger partial charge in [-0.05, 0) is 35.4 Å². The van der Waals surface area contributed by atoms with Gasteiger partial charge in [-0.25, -0.2) is 0 Å². The zero-order valence-electron chi connectivity index (χ0n) is 11.1. The lowest BCUT2D eigenvalue weighted by molar-refractivity contribution is -0.510. The molecule has 2 rings (SSSR count). The van der Waals surface area contributed by atoms with Crippen LogP contribution in [0.5, 0.6) is 0 Å². The third-order valence-corrected chi connectivity index (χ3v) is 4.72. The third-order valence-electron chi connectivity index (χ3n) is 2.97. The monoisotopic (exact) mass is 308 g/mol. The summed E-state index contributed by atoms with van der Waals surface area (Å²) in [5, 5.41) is 11.3. The van der Waals surface area contributed by atoms with Crippen LogP contribution in [0.4, 0.5) is 0 Å². The highest BCUT2D eigenvalue weighted by atomic mass is 35.5. The number of hydrogen-bond acceptors (Lipinski definition) is 3. The molecule has 0 amide bonds. The first kappa shape index (κ1) is 15.1. The lowest BCUT2D eigenvalue weighted by Gasteiger charge is -2.22. The lowest BCUT2D eigenvalue weighted by Crippen LogP contribution is -2.32. The fourth-order valence-electron chi connectivity index (χ4n) is 2.01. The number of allylic oxidation sites excluding steroid dienone is 2. The van der Waals surface area contributed by atoms with Crippen molar-refractivity contribution in [3.63, 3.8) is 0 Å². The Kier molecular flexibility index (Phi) is 4.89. The van der Waals surface area contributed by atoms with Gasteiger partial charge >= 0.3 is 5.00 Å². The lowest BCUT2D eigenvalue weighted by atomic mass is 9.93. The molecule has 0 bridgehead atoms. The van der Waals surface area contributed by atoms with E-state index in [4.69, 9.17) is 11.6 Å². The zero-order chi connectivity index (χ0) is 14.6. The SMILES string of the molecule is CCCSc1ccccc1C1=C[CH]C=CC1(Cl)[N+](=O)[O-]. The highest BCUT2D eigenvalue weighted by molar-refractivity contribution is 7.99. The molecular formula is C15H15ClNO2S. The number of nitro groups is 1. The maximum absolute atomic E-state index is 11.3. The van der Waals surface area contributed by atoms with Gasteiger partial charge in [-0.1, -0.05) is 37.3 Å². The van der Waals surface area contributed by atoms with Gasteiger partial charge in [0.05, 0.1) is 10.5 Å². The molecule has 5 heteroatoms. The molecule has 0 saturated heterocycles. The van der Waals surface area contributed by atoms with Gasteiger partial charge in [-0.2, -0.15) is 0 Å². The Morgan fingerprint density at radius 1 is 1.40 bits per heavy atom. The number of nitrogens with zero attached hydrogens (tertiary/aromatic N) is 1. The first-order valence-electron chi connectivity index (χ1n) is 6.38. The molecule has 0 fully saturated rings. The second-order valence-corrected chi connectivity index (χ2v) is 6.12. The van der Waals surface area contributed by atoms with Crippen molar-refractivity contribution in [3.8, 4) is 0 Å². The Morgan fingerprint density at radius 3 is 2.85 bits per heavy atom. The van der Waals surface area contributed by atoms with Crippen molar-refractivity contribution in [1.29, 1.82) is 0 Å². The Morgan fingerprint density at radius 2 is 2.15 bits per heavy atom. The van der Waals surface area contributed by atoms with E-state index in [9.17, 15) is 10.1 Å². The molecular weight excluding hydrogens is 294 g/mol. The van der Waals surface area contributed by atoms with Crippen LogP contribution >= 0.6 is 23.4 Å². The van der Waals surface area contributed by atoms with Gasteiger partial charge in [0.25, 0.3) is 0 Å². The van der Waals surface area contributed by atoms with E-state index in [2.05, 4.69) is 6.92 Å². The van der Waals surface area contributed by atoms with E-state index in [1.807, 2.05) is 24.3 Å². The van der Waals surface area contributed by atoms with Crippen LogP contribution in [0.1, 0.15) is 18.9 Å². The minimum absolute atomic E-state index is 0.453. The number of thioether (sulfide) groups is 1. The van der Waals surface area contributed by atoms with Gasteiger partial charge in [0.15, 0.2) is 0 Å². The van der Waals surface area contributed by atoms with Crippen molar-refractivity contribution >= 4 is 28.9 Å². The molecule has 0 saturated carbocycles. The molecule has 0 heterocycles. The normalized spacial score (nSPS) is 21.6. The predicted octanol–water partition coefficient (Wildman–Crippen LogP) is 4.56. The molecule has 0 N–H and O–H groups in total. The van der Waals surface area contributed by atoms with Crippen LogP contribution in [0.2, 0.25) is 0 Å². The summed E-state index contributed by atoms with van der Waals surface area (Å²) in [7, 11) is 0. The van der Waals surface area contributed by atoms with Crippen molar-refractivity contribution in [2.75, 3.05) is 5.75 Å². The fourth-order valence-corrected chi connectivity index (χ4v) is 3.18. The van der Waals surface area contributed by atoms with Crippen molar-refractivity contribution in [1.82, 2.24) is 0 Å². The van der Waals surface area contributed by atoms with Crippen molar-refractivity contribution < 1.29 is 4.92 Å². The van der Waals surface area contributed by atoms with Gasteiger partial charge in [0.1, 0.15) is 0 Å². The van der Waals surface area contributed by atoms with Crippen LogP contribution in [0, 0.1) is 16.5 Å². The predicted molar refractivity (Wildman–Crippen MR) is 84.5 cm³/mol. The molecule has 1 radical (unpaired) electrons. The van der Waals surface area contributed by atoms with Crippen molar-refractivity contribution in [2.45, 2.75) is 23.2 Å². The maximum Gasteiger partial charge on any atom is 0.339 e. The minimum Gasteiger partial charge on any atom is -0.262 e. The van der Waals surface area contributed by atoms with E-state index in [0.717, 1.165) is 22.6 Å². The van der Waals surface area contributed by atoms with Gasteiger partial charge in [-0.15, -0.1) is 11.8 Å². The van der Waals surface area contributed by atoms with Crippen LogP contribution < -0.4 is 0 Å². The highest BCUT2D eigenvalue weighted by Gasteiger charge is 2.44. The number of halogens is 1. The second kappa shape index (κ2) is 6.46. The molecule has 0 aromatic heterocycles. The molecule has 1 atom stereocenters. The van der Waals surface area contributed by atoms with E-state index < -0.39 is 9.92 Å². The van der Waals surface area contributed by atoms with Crippen LogP contribution in [-0.4, -0.2) is 15.7 Å². The van der Waals surface area contributed by atoms with Crippen molar-refractivity contribution in [2.24, 2.45) is 0 Å². The zero-order valence-corrected chi connectivity index (χ0v) is 12.7. The Balaban J connectivity index is 2.44. The topological polar surface area (TPSA) is 43.1 Å². The average Bonchev–Trinajstić information content (AvgIpc) is 2.46. The third kappa shape index (κ3) is 2.91. The maximum atomic E-state index is 11.3. The summed E-state index contributed by atoms with van der Waals surface area (Å²) < 4.78 is 0. The van der Waals surface area contributed by atoms with Crippen LogP contribution in [0.3, 0.4) is 0 Å². The molecule has 105 valence electrons. The first-order chi connectivity index (χ1) is 9.59. The summed E-state index contributed by atoms with van der Waals surface area (Å²) in [6, 6.07) is 7.68. The van der Waals surface area contributed by atoms with E-state index in [-0.39, 0.29) is 0 Å². The number of rotatable bonds is 5. The van der Waals surface area contributed by atoms with Gasteiger partial charge in [0, 0.05) is 17.4 Å². The highest BCUT2D eigenvalue weighted by Crippen LogP contribution is 2.41. The quantitative estimate of drug-likeness (QED) is 0.263. The average molecular weight is 309 g/mol. The molecule has 1 unspecified atom stereocenters. The Hall–Kier alpha value is -1.26. The molecule has 1 aromatic rings. The number of hydrogen-bond donors (Lipinski definition) is 0. The molecule has 0 aliphatic heterocycles. The molecule has 1 aliphatic rings. The largest absolute Gasteiger partial charge is 0.339 e. The van der Waals surface area contributed by atoms with E-state index in [0.29, 0.717) is 5.57 Å². The summed E-state index contributed by atoms with van der Waals surface area (Å²) in [5.74, 6) is 0.970. The fraction of sp³-hybridized carbons (Fsp3) is 0.267. The summed E-state index contributed by atoms with van der Waals surface area (Å²) in [4.78, 5) is 10.2. The summed E-state index contributed by atoms with van der Waals surface area (Å²) >= 11 is 7.93. The number of alkyl halides is 1. The summed E-state index contributed by atoms with van der Waals surface area (Å²) in [5.41, 5.74) is 1.35. The molecule has 0 spiro atoms.